The molecule has 2 N–H and O–H groups in total. The third kappa shape index (κ3) is 6.22. The van der Waals surface area contributed by atoms with E-state index in [1.807, 2.05) is 0 Å². The molecular formula is C16H32N4O2. The third-order valence-corrected chi connectivity index (χ3v) is 4.24. The highest BCUT2D eigenvalue weighted by molar-refractivity contribution is 5.80. The number of nitrogens with one attached hydrogen (secondary N) is 2. The fraction of sp³-hybridized carbons (Fsp3) is 0.875. The molecule has 0 aliphatic carbocycles. The molecule has 128 valence electrons. The zero-order chi connectivity index (χ0) is 16.5. The van der Waals surface area contributed by atoms with Gasteiger partial charge in [-0.1, -0.05) is 6.92 Å². The van der Waals surface area contributed by atoms with Gasteiger partial charge in [-0.05, 0) is 32.6 Å². The first kappa shape index (κ1) is 18.7. The van der Waals surface area contributed by atoms with E-state index in [2.05, 4.69) is 46.0 Å². The highest BCUT2D eigenvalue weighted by atomic mass is 16.5. The van der Waals surface area contributed by atoms with Gasteiger partial charge >= 0.3 is 5.97 Å². The molecule has 22 heavy (non-hydrogen) atoms. The molecule has 6 heteroatoms. The largest absolute Gasteiger partial charge is 0.469 e. The van der Waals surface area contributed by atoms with Gasteiger partial charge in [0.25, 0.3) is 0 Å². The number of rotatable bonds is 7. The number of likely N-dealkylation sites (tertiary alicyclic amines) is 1. The minimum absolute atomic E-state index is 0.143. The van der Waals surface area contributed by atoms with Crippen molar-refractivity contribution in [3.63, 3.8) is 0 Å². The Kier molecular flexibility index (Phi) is 8.24. The molecule has 0 aromatic heterocycles. The number of carbonyl (C=O) groups is 1. The van der Waals surface area contributed by atoms with Crippen LogP contribution in [0.25, 0.3) is 0 Å². The summed E-state index contributed by atoms with van der Waals surface area (Å²) >= 11 is 0. The van der Waals surface area contributed by atoms with E-state index in [1.54, 1.807) is 7.05 Å². The van der Waals surface area contributed by atoms with Crippen LogP contribution in [0.5, 0.6) is 0 Å². The van der Waals surface area contributed by atoms with Gasteiger partial charge in [0, 0.05) is 45.2 Å². The van der Waals surface area contributed by atoms with Crippen LogP contribution in [0.1, 0.15) is 40.0 Å². The number of guanidine groups is 1. The van der Waals surface area contributed by atoms with Crippen LogP contribution in [0.2, 0.25) is 0 Å². The van der Waals surface area contributed by atoms with Crippen molar-refractivity contribution in [3.05, 3.63) is 0 Å². The Bertz CT molecular complexity index is 371. The van der Waals surface area contributed by atoms with Crippen molar-refractivity contribution in [2.75, 3.05) is 33.8 Å². The van der Waals surface area contributed by atoms with Crippen LogP contribution in [0.4, 0.5) is 0 Å². The van der Waals surface area contributed by atoms with Crippen molar-refractivity contribution in [3.8, 4) is 0 Å². The zero-order valence-electron chi connectivity index (χ0n) is 14.7. The Morgan fingerprint density at radius 2 is 2.09 bits per heavy atom. The predicted molar refractivity (Wildman–Crippen MR) is 90.0 cm³/mol. The normalized spacial score (nSPS) is 22.9. The van der Waals surface area contributed by atoms with Crippen LogP contribution in [0, 0.1) is 5.92 Å². The number of carbonyl (C=O) groups excluding carboxylic acids is 1. The molecular weight excluding hydrogens is 280 g/mol. The quantitative estimate of drug-likeness (QED) is 0.320. The maximum absolute atomic E-state index is 11.0. The summed E-state index contributed by atoms with van der Waals surface area (Å²) in [7, 11) is 3.22. The fourth-order valence-electron chi connectivity index (χ4n) is 2.69. The molecule has 6 nitrogen and oxygen atoms in total. The number of unbranched alkanes of at least 4 members (excludes halogenated alkanes) is 1. The molecule has 0 spiro atoms. The first-order valence-corrected chi connectivity index (χ1v) is 8.26. The summed E-state index contributed by atoms with van der Waals surface area (Å²) in [5.74, 6) is 1.32. The molecule has 1 heterocycles. The van der Waals surface area contributed by atoms with Crippen molar-refractivity contribution in [2.24, 2.45) is 10.9 Å². The number of ether oxygens (including phenoxy) is 1. The maximum Gasteiger partial charge on any atom is 0.305 e. The van der Waals surface area contributed by atoms with E-state index in [0.717, 1.165) is 38.4 Å². The Hall–Kier alpha value is -1.30. The predicted octanol–water partition coefficient (Wildman–Crippen LogP) is 1.22. The van der Waals surface area contributed by atoms with Gasteiger partial charge in [-0.15, -0.1) is 0 Å². The van der Waals surface area contributed by atoms with Crippen molar-refractivity contribution < 1.29 is 9.53 Å². The maximum atomic E-state index is 11.0. The van der Waals surface area contributed by atoms with Gasteiger partial charge in [0.2, 0.25) is 0 Å². The van der Waals surface area contributed by atoms with E-state index >= 15 is 0 Å². The summed E-state index contributed by atoms with van der Waals surface area (Å²) in [4.78, 5) is 17.8. The first-order valence-electron chi connectivity index (χ1n) is 8.26. The van der Waals surface area contributed by atoms with Crippen LogP contribution in [-0.4, -0.2) is 62.7 Å². The molecule has 1 saturated heterocycles. The summed E-state index contributed by atoms with van der Waals surface area (Å²) in [6, 6.07) is 1.02. The number of methoxy groups -OCH3 is 1. The Labute approximate surface area is 134 Å². The number of hydrogen-bond acceptors (Lipinski definition) is 4. The second kappa shape index (κ2) is 9.66. The molecule has 1 aliphatic heterocycles. The molecule has 0 aromatic rings. The van der Waals surface area contributed by atoms with E-state index in [-0.39, 0.29) is 5.97 Å². The van der Waals surface area contributed by atoms with Crippen LogP contribution in [-0.2, 0) is 9.53 Å². The van der Waals surface area contributed by atoms with E-state index < -0.39 is 0 Å². The summed E-state index contributed by atoms with van der Waals surface area (Å²) in [6.07, 6.45) is 2.24. The van der Waals surface area contributed by atoms with Gasteiger partial charge < -0.3 is 15.4 Å². The highest BCUT2D eigenvalue weighted by Gasteiger charge is 2.31. The minimum Gasteiger partial charge on any atom is -0.469 e. The summed E-state index contributed by atoms with van der Waals surface area (Å²) in [6.45, 7) is 9.76. The Morgan fingerprint density at radius 3 is 2.64 bits per heavy atom. The van der Waals surface area contributed by atoms with Crippen molar-refractivity contribution in [1.82, 2.24) is 15.5 Å². The minimum atomic E-state index is -0.143. The van der Waals surface area contributed by atoms with Crippen LogP contribution in [0.3, 0.4) is 0 Å². The summed E-state index contributed by atoms with van der Waals surface area (Å²) < 4.78 is 4.63. The van der Waals surface area contributed by atoms with Gasteiger partial charge in [0.05, 0.1) is 7.11 Å². The van der Waals surface area contributed by atoms with Crippen molar-refractivity contribution >= 4 is 11.9 Å². The molecule has 1 aliphatic rings. The summed E-state index contributed by atoms with van der Waals surface area (Å²) in [5.41, 5.74) is 0. The van der Waals surface area contributed by atoms with Crippen molar-refractivity contribution in [1.29, 1.82) is 0 Å². The van der Waals surface area contributed by atoms with Crippen LogP contribution >= 0.6 is 0 Å². The van der Waals surface area contributed by atoms with Gasteiger partial charge in [-0.3, -0.25) is 14.7 Å². The molecule has 2 atom stereocenters. The lowest BCUT2D eigenvalue weighted by molar-refractivity contribution is -0.140. The van der Waals surface area contributed by atoms with Crippen LogP contribution < -0.4 is 10.6 Å². The summed E-state index contributed by atoms with van der Waals surface area (Å²) in [5, 5.41) is 6.84. The second-order valence-corrected chi connectivity index (χ2v) is 6.31. The van der Waals surface area contributed by atoms with Crippen LogP contribution in [0.15, 0.2) is 4.99 Å². The standard InChI is InChI=1S/C16H32N4O2/c1-12(2)20-10-13(3)14(11-20)19-16(17-4)18-9-7-6-8-15(21)22-5/h12-14H,6-11H2,1-5H3,(H2,17,18,19). The lowest BCUT2D eigenvalue weighted by Gasteiger charge is -2.21. The van der Waals surface area contributed by atoms with E-state index in [9.17, 15) is 4.79 Å². The van der Waals surface area contributed by atoms with Gasteiger partial charge in [-0.2, -0.15) is 0 Å². The van der Waals surface area contributed by atoms with Gasteiger partial charge in [0.1, 0.15) is 0 Å². The molecule has 0 aromatic carbocycles. The average molecular weight is 312 g/mol. The molecule has 1 rings (SSSR count). The number of esters is 1. The average Bonchev–Trinajstić information content (AvgIpc) is 2.86. The molecule has 0 saturated carbocycles. The molecule has 0 amide bonds. The molecule has 0 bridgehead atoms. The monoisotopic (exact) mass is 312 g/mol. The zero-order valence-corrected chi connectivity index (χ0v) is 14.7. The van der Waals surface area contributed by atoms with Gasteiger partial charge in [0.15, 0.2) is 5.96 Å². The molecule has 2 unspecified atom stereocenters. The number of nitrogens with zero attached hydrogens (tertiary/aromatic N) is 2. The van der Waals surface area contributed by atoms with Gasteiger partial charge in [-0.25, -0.2) is 0 Å². The lowest BCUT2D eigenvalue weighted by atomic mass is 10.1. The Balaban J connectivity index is 2.27. The number of aliphatic imine (C=N–C) groups is 1. The molecule has 1 fully saturated rings. The number of hydrogen-bond donors (Lipinski definition) is 2. The van der Waals surface area contributed by atoms with E-state index in [0.29, 0.717) is 24.4 Å². The second-order valence-electron chi connectivity index (χ2n) is 6.31. The first-order chi connectivity index (χ1) is 10.5. The fourth-order valence-corrected chi connectivity index (χ4v) is 2.69. The van der Waals surface area contributed by atoms with E-state index in [4.69, 9.17) is 0 Å². The van der Waals surface area contributed by atoms with E-state index in [1.165, 1.54) is 7.11 Å². The highest BCUT2D eigenvalue weighted by Crippen LogP contribution is 2.18. The van der Waals surface area contributed by atoms with Crippen molar-refractivity contribution in [2.45, 2.75) is 52.1 Å². The topological polar surface area (TPSA) is 66.0 Å². The Morgan fingerprint density at radius 1 is 1.36 bits per heavy atom. The lowest BCUT2D eigenvalue weighted by Crippen LogP contribution is -2.47. The molecule has 0 radical (unpaired) electrons. The third-order valence-electron chi connectivity index (χ3n) is 4.24. The smallest absolute Gasteiger partial charge is 0.305 e. The SMILES string of the molecule is CN=C(NCCCCC(=O)OC)NC1CN(C(C)C)CC1C.